The summed E-state index contributed by atoms with van der Waals surface area (Å²) in [5, 5.41) is 18.2. The van der Waals surface area contributed by atoms with Crippen LogP contribution in [0.3, 0.4) is 0 Å². The third-order valence-electron chi connectivity index (χ3n) is 9.49. The van der Waals surface area contributed by atoms with Crippen LogP contribution >= 0.6 is 0 Å². The van der Waals surface area contributed by atoms with E-state index in [0.717, 1.165) is 65.6 Å². The van der Waals surface area contributed by atoms with Crippen LogP contribution in [0.5, 0.6) is 0 Å². The lowest BCUT2D eigenvalue weighted by molar-refractivity contribution is -0.0910. The van der Waals surface area contributed by atoms with Crippen LogP contribution in [0, 0.1) is 5.41 Å². The van der Waals surface area contributed by atoms with E-state index < -0.39 is 5.76 Å². The molecule has 11 heteroatoms. The molecule has 1 atom stereocenters. The standard InChI is InChI=1S/C35H42N6O5/c1-5-8-30-29(19-23-11-13-24(14-12-23)27-9-6-7-10-28(27)31-38-34(44)46-39-31)32(43)40(33-36-21-37-41(30)33)25-15-17-26(18-16-25)45-22(2)35(3,4)20-42/h6-7,9-14,21-22,25-26,42H,5,8,15-20H2,1-4H3,(H,38,39,44). The van der Waals surface area contributed by atoms with E-state index in [1.165, 1.54) is 6.33 Å². The Morgan fingerprint density at radius 2 is 1.78 bits per heavy atom. The number of hydrogen-bond acceptors (Lipinski definition) is 8. The first kappa shape index (κ1) is 31.6. The number of nitrogens with zero attached hydrogens (tertiary/aromatic N) is 5. The van der Waals surface area contributed by atoms with E-state index in [0.29, 0.717) is 24.4 Å². The average molecular weight is 627 g/mol. The summed E-state index contributed by atoms with van der Waals surface area (Å²) in [4.78, 5) is 33.2. The summed E-state index contributed by atoms with van der Waals surface area (Å²) >= 11 is 0. The summed E-state index contributed by atoms with van der Waals surface area (Å²) in [6, 6.07) is 15.8. The van der Waals surface area contributed by atoms with Gasteiger partial charge in [-0.05, 0) is 55.7 Å². The number of benzene rings is 2. The Kier molecular flexibility index (Phi) is 9.06. The zero-order chi connectivity index (χ0) is 32.4. The second-order valence-electron chi connectivity index (χ2n) is 13.0. The number of ether oxygens (including phenoxy) is 1. The van der Waals surface area contributed by atoms with Gasteiger partial charge in [-0.15, -0.1) is 0 Å². The van der Waals surface area contributed by atoms with Crippen molar-refractivity contribution in [2.75, 3.05) is 6.61 Å². The Labute approximate surface area is 267 Å². The largest absolute Gasteiger partial charge is 0.439 e. The Morgan fingerprint density at radius 1 is 1.07 bits per heavy atom. The van der Waals surface area contributed by atoms with Crippen LogP contribution in [0.15, 0.2) is 69.0 Å². The van der Waals surface area contributed by atoms with Gasteiger partial charge in [-0.1, -0.05) is 80.9 Å². The van der Waals surface area contributed by atoms with E-state index in [2.05, 4.69) is 27.1 Å². The van der Waals surface area contributed by atoms with Gasteiger partial charge in [0.2, 0.25) is 5.78 Å². The van der Waals surface area contributed by atoms with Crippen LogP contribution in [0.2, 0.25) is 0 Å². The number of rotatable bonds is 11. The molecule has 0 aliphatic heterocycles. The van der Waals surface area contributed by atoms with Crippen LogP contribution in [-0.2, 0) is 17.6 Å². The Hall–Kier alpha value is -4.35. The Morgan fingerprint density at radius 3 is 2.43 bits per heavy atom. The van der Waals surface area contributed by atoms with Gasteiger partial charge in [0, 0.05) is 29.0 Å². The van der Waals surface area contributed by atoms with Gasteiger partial charge in [0.15, 0.2) is 5.82 Å². The fraction of sp³-hybridized carbons (Fsp3) is 0.457. The number of aliphatic hydroxyl groups excluding tert-OH is 1. The Bertz CT molecular complexity index is 1910. The summed E-state index contributed by atoms with van der Waals surface area (Å²) in [6.07, 6.45) is 6.88. The van der Waals surface area contributed by atoms with Crippen LogP contribution in [0.1, 0.15) is 82.7 Å². The van der Waals surface area contributed by atoms with E-state index in [1.54, 1.807) is 0 Å². The van der Waals surface area contributed by atoms with Crippen molar-refractivity contribution >= 4 is 5.78 Å². The summed E-state index contributed by atoms with van der Waals surface area (Å²) < 4.78 is 14.8. The van der Waals surface area contributed by atoms with Crippen LogP contribution in [0.4, 0.5) is 0 Å². The molecule has 3 heterocycles. The highest BCUT2D eigenvalue weighted by molar-refractivity contribution is 5.80. The predicted octanol–water partition coefficient (Wildman–Crippen LogP) is 5.35. The van der Waals surface area contributed by atoms with Gasteiger partial charge in [-0.2, -0.15) is 10.1 Å². The number of aliphatic hydroxyl groups is 1. The lowest BCUT2D eigenvalue weighted by Crippen LogP contribution is -2.38. The van der Waals surface area contributed by atoms with Gasteiger partial charge in [0.05, 0.1) is 24.5 Å². The fourth-order valence-corrected chi connectivity index (χ4v) is 6.41. The molecule has 242 valence electrons. The number of aromatic amines is 1. The normalized spacial score (nSPS) is 17.8. The van der Waals surface area contributed by atoms with Gasteiger partial charge >= 0.3 is 5.76 Å². The molecule has 5 aromatic rings. The highest BCUT2D eigenvalue weighted by atomic mass is 16.5. The van der Waals surface area contributed by atoms with Gasteiger partial charge in [-0.3, -0.25) is 18.9 Å². The topological polar surface area (TPSA) is 141 Å². The first-order valence-electron chi connectivity index (χ1n) is 16.2. The second kappa shape index (κ2) is 13.2. The third-order valence-corrected chi connectivity index (χ3v) is 9.49. The molecule has 2 aromatic carbocycles. The predicted molar refractivity (Wildman–Crippen MR) is 175 cm³/mol. The number of aryl methyl sites for hydroxylation is 1. The van der Waals surface area contributed by atoms with Gasteiger partial charge < -0.3 is 9.84 Å². The van der Waals surface area contributed by atoms with Gasteiger partial charge in [-0.25, -0.2) is 9.31 Å². The fourth-order valence-electron chi connectivity index (χ4n) is 6.41. The van der Waals surface area contributed by atoms with Crippen molar-refractivity contribution in [1.29, 1.82) is 0 Å². The first-order chi connectivity index (χ1) is 22.2. The minimum absolute atomic E-state index is 0.00326. The highest BCUT2D eigenvalue weighted by Crippen LogP contribution is 2.34. The van der Waals surface area contributed by atoms with E-state index in [-0.39, 0.29) is 35.8 Å². The van der Waals surface area contributed by atoms with Crippen molar-refractivity contribution < 1.29 is 14.4 Å². The minimum atomic E-state index is -0.601. The number of hydrogen-bond donors (Lipinski definition) is 2. The van der Waals surface area contributed by atoms with Crippen molar-refractivity contribution in [1.82, 2.24) is 29.3 Å². The molecule has 1 unspecified atom stereocenters. The SMILES string of the molecule is CCCc1c(Cc2ccc(-c3ccccc3-c3noc(=O)[nH]3)cc2)c(=O)n(C2CCC(OC(C)C(C)(C)CO)CC2)c2ncnn12. The molecule has 3 aromatic heterocycles. The van der Waals surface area contributed by atoms with E-state index in [1.807, 2.05) is 78.4 Å². The first-order valence-corrected chi connectivity index (χ1v) is 16.2. The van der Waals surface area contributed by atoms with E-state index in [9.17, 15) is 14.7 Å². The maximum Gasteiger partial charge on any atom is 0.439 e. The monoisotopic (exact) mass is 626 g/mol. The summed E-state index contributed by atoms with van der Waals surface area (Å²) in [5.74, 6) is 0.366. The smallest absolute Gasteiger partial charge is 0.396 e. The average Bonchev–Trinajstić information content (AvgIpc) is 3.73. The summed E-state index contributed by atoms with van der Waals surface area (Å²) in [5.41, 5.74) is 4.95. The molecule has 11 nitrogen and oxygen atoms in total. The lowest BCUT2D eigenvalue weighted by atomic mass is 9.87. The molecule has 46 heavy (non-hydrogen) atoms. The maximum absolute atomic E-state index is 14.4. The number of fused-ring (bicyclic) bond motifs is 1. The van der Waals surface area contributed by atoms with Crippen molar-refractivity contribution in [2.24, 2.45) is 5.41 Å². The molecule has 1 fully saturated rings. The van der Waals surface area contributed by atoms with E-state index in [4.69, 9.17) is 9.26 Å². The molecule has 0 saturated heterocycles. The van der Waals surface area contributed by atoms with Crippen molar-refractivity contribution in [3.05, 3.63) is 92.6 Å². The van der Waals surface area contributed by atoms with Crippen molar-refractivity contribution in [3.8, 4) is 22.5 Å². The Balaban J connectivity index is 1.29. The zero-order valence-electron chi connectivity index (χ0n) is 26.9. The minimum Gasteiger partial charge on any atom is -0.396 e. The molecular weight excluding hydrogens is 584 g/mol. The molecular formula is C35H42N6O5. The highest BCUT2D eigenvalue weighted by Gasteiger charge is 2.32. The van der Waals surface area contributed by atoms with Crippen LogP contribution in [0.25, 0.3) is 28.3 Å². The van der Waals surface area contributed by atoms with E-state index >= 15 is 0 Å². The van der Waals surface area contributed by atoms with Crippen molar-refractivity contribution in [2.45, 2.75) is 90.9 Å². The summed E-state index contributed by atoms with van der Waals surface area (Å²) in [6.45, 7) is 8.22. The maximum atomic E-state index is 14.4. The quantitative estimate of drug-likeness (QED) is 0.200. The number of aromatic nitrogens is 6. The zero-order valence-corrected chi connectivity index (χ0v) is 26.9. The summed E-state index contributed by atoms with van der Waals surface area (Å²) in [7, 11) is 0. The molecule has 0 radical (unpaired) electrons. The van der Waals surface area contributed by atoms with Crippen molar-refractivity contribution in [3.63, 3.8) is 0 Å². The number of H-pyrrole nitrogens is 1. The molecule has 1 aliphatic rings. The molecule has 1 saturated carbocycles. The molecule has 0 bridgehead atoms. The van der Waals surface area contributed by atoms with Gasteiger partial charge in [0.1, 0.15) is 6.33 Å². The lowest BCUT2D eigenvalue weighted by Gasteiger charge is -2.36. The molecule has 0 amide bonds. The number of nitrogens with one attached hydrogen (secondary N) is 1. The molecule has 0 spiro atoms. The van der Waals surface area contributed by atoms with Gasteiger partial charge in [0.25, 0.3) is 5.56 Å². The van der Waals surface area contributed by atoms with Crippen LogP contribution in [-0.4, -0.2) is 53.2 Å². The molecule has 1 aliphatic carbocycles. The molecule has 6 rings (SSSR count). The van der Waals surface area contributed by atoms with Crippen LogP contribution < -0.4 is 11.3 Å². The third kappa shape index (κ3) is 6.21. The molecule has 2 N–H and O–H groups in total. The second-order valence-corrected chi connectivity index (χ2v) is 13.0.